The van der Waals surface area contributed by atoms with E-state index in [0.717, 1.165) is 24.3 Å². The Bertz CT molecular complexity index is 2330. The lowest BCUT2D eigenvalue weighted by Crippen LogP contribution is -2.39. The summed E-state index contributed by atoms with van der Waals surface area (Å²) in [6.45, 7) is 5.92. The van der Waals surface area contributed by atoms with E-state index in [1.165, 1.54) is 26.0 Å². The number of esters is 4. The highest BCUT2D eigenvalue weighted by molar-refractivity contribution is 6.43. The van der Waals surface area contributed by atoms with Crippen molar-refractivity contribution >= 4 is 82.2 Å². The van der Waals surface area contributed by atoms with Gasteiger partial charge in [0.2, 0.25) is 0 Å². The molecule has 0 aliphatic carbocycles. The minimum Gasteiger partial charge on any atom is -0.466 e. The fraction of sp³-hybridized carbons (Fsp3) is 0.417. The molecule has 2 atom stereocenters. The van der Waals surface area contributed by atoms with Crippen LogP contribution in [0.2, 0.25) is 20.1 Å². The third kappa shape index (κ3) is 14.6. The highest BCUT2D eigenvalue weighted by Gasteiger charge is 2.46. The number of allylic oxidation sites excluding steroid dienone is 2. The maximum absolute atomic E-state index is 14.1. The Morgan fingerprint density at radius 3 is 1.24 bits per heavy atom. The van der Waals surface area contributed by atoms with Gasteiger partial charge in [-0.25, -0.2) is 28.8 Å². The average molecular weight is 1090 g/mol. The number of methoxy groups -OCH3 is 2. The second-order valence-electron chi connectivity index (χ2n) is 14.9. The maximum Gasteiger partial charge on any atom is 0.356 e. The number of carbonyl (C=O) groups excluding carboxylic acids is 6. The van der Waals surface area contributed by atoms with Crippen LogP contribution in [0.4, 0.5) is 0 Å². The number of hydroxylamine groups is 4. The highest BCUT2D eigenvalue weighted by atomic mass is 35.5. The minimum atomic E-state index is -1.30. The molecule has 20 nitrogen and oxygen atoms in total. The molecule has 24 heteroatoms. The van der Waals surface area contributed by atoms with E-state index in [2.05, 4.69) is 0 Å². The number of hydrogen-bond acceptors (Lipinski definition) is 20. The van der Waals surface area contributed by atoms with Crippen molar-refractivity contribution in [3.8, 4) is 0 Å². The Kier molecular flexibility index (Phi) is 24.0. The second kappa shape index (κ2) is 29.2. The number of nitrogens with two attached hydrogens (primary N) is 2. The standard InChI is InChI=1S/C48H56Cl4N4O16/c1-7-69-47(61)41-33(25-67-23-21-65-19-17-53)55(27(3)37(45(59)63-5)39(41)29-11-9-13-31(49)43(29)51)71-35(57)15-16-36(58)72-56-28(4)38(46(60)64-6)40(30-12-10-14-32(50)44(30)52)42(48(62)70-8-2)34(56)26-68-24-22-66-20-18-54/h9-16,39-40H,7-8,17-26,53-54H2,1-6H3/b16-15+. The Hall–Kier alpha value is -5.52. The molecular formula is C48H56Cl4N4O16. The molecule has 2 aromatic carbocycles. The molecule has 0 aromatic heterocycles. The van der Waals surface area contributed by atoms with Gasteiger partial charge in [0.05, 0.1) is 157 Å². The molecule has 2 aromatic rings. The molecular weight excluding hydrogens is 1030 g/mol. The Labute approximate surface area is 436 Å². The lowest BCUT2D eigenvalue weighted by atomic mass is 9.80. The molecule has 0 saturated heterocycles. The van der Waals surface area contributed by atoms with Crippen molar-refractivity contribution in [1.82, 2.24) is 10.1 Å². The first-order valence-corrected chi connectivity index (χ1v) is 23.7. The molecule has 0 radical (unpaired) electrons. The van der Waals surface area contributed by atoms with Crippen LogP contribution < -0.4 is 11.5 Å². The van der Waals surface area contributed by atoms with Gasteiger partial charge in [-0.1, -0.05) is 70.7 Å². The normalized spacial score (nSPS) is 16.1. The SMILES string of the molecule is CCOC(=O)C1=C(COCCOCCN)N(OC(=O)/C=C/C(=O)ON2C(C)=C(C(=O)OC)C(c3cccc(Cl)c3Cl)C(C(=O)OCC)=C2COCCOCCN)C(C)=C(C(=O)OC)C1c1cccc(Cl)c1Cl. The lowest BCUT2D eigenvalue weighted by molar-refractivity contribution is -0.173. The molecule has 2 heterocycles. The summed E-state index contributed by atoms with van der Waals surface area (Å²) in [6.07, 6.45) is 1.35. The predicted octanol–water partition coefficient (Wildman–Crippen LogP) is 5.78. The summed E-state index contributed by atoms with van der Waals surface area (Å²) >= 11 is 26.3. The number of halogens is 4. The maximum atomic E-state index is 14.1. The fourth-order valence-corrected chi connectivity index (χ4v) is 8.31. The van der Waals surface area contributed by atoms with Gasteiger partial charge in [-0.3, -0.25) is 0 Å². The molecule has 0 bridgehead atoms. The van der Waals surface area contributed by atoms with Gasteiger partial charge in [0.1, 0.15) is 0 Å². The Morgan fingerprint density at radius 2 is 0.903 bits per heavy atom. The molecule has 392 valence electrons. The molecule has 0 amide bonds. The first-order valence-electron chi connectivity index (χ1n) is 22.2. The number of carbonyl (C=O) groups is 6. The van der Waals surface area contributed by atoms with E-state index in [1.807, 2.05) is 0 Å². The molecule has 0 saturated carbocycles. The zero-order valence-corrected chi connectivity index (χ0v) is 43.4. The molecule has 4 N–H and O–H groups in total. The van der Waals surface area contributed by atoms with Crippen molar-refractivity contribution in [2.45, 2.75) is 39.5 Å². The molecule has 2 unspecified atom stereocenters. The second-order valence-corrected chi connectivity index (χ2v) is 16.5. The zero-order chi connectivity index (χ0) is 53.1. The van der Waals surface area contributed by atoms with Crippen LogP contribution in [0, 0.1) is 0 Å². The first-order chi connectivity index (χ1) is 34.5. The quantitative estimate of drug-likeness (QED) is 0.0490. The summed E-state index contributed by atoms with van der Waals surface area (Å²) in [7, 11) is 2.22. The van der Waals surface area contributed by atoms with Gasteiger partial charge in [0.15, 0.2) is 0 Å². The fourth-order valence-electron chi connectivity index (χ4n) is 7.47. The molecule has 0 fully saturated rings. The van der Waals surface area contributed by atoms with E-state index >= 15 is 0 Å². The van der Waals surface area contributed by atoms with Crippen LogP contribution in [0.3, 0.4) is 0 Å². The zero-order valence-electron chi connectivity index (χ0n) is 40.4. The summed E-state index contributed by atoms with van der Waals surface area (Å²) in [5.41, 5.74) is 10.3. The first kappa shape index (κ1) is 59.0. The van der Waals surface area contributed by atoms with Gasteiger partial charge in [0, 0.05) is 25.2 Å². The van der Waals surface area contributed by atoms with Crippen molar-refractivity contribution in [2.24, 2.45) is 11.5 Å². The van der Waals surface area contributed by atoms with E-state index in [9.17, 15) is 28.8 Å². The van der Waals surface area contributed by atoms with Crippen LogP contribution in [0.5, 0.6) is 0 Å². The summed E-state index contributed by atoms with van der Waals surface area (Å²) in [5.74, 6) is -8.88. The minimum absolute atomic E-state index is 0.000689. The van der Waals surface area contributed by atoms with E-state index < -0.39 is 60.9 Å². The Balaban J connectivity index is 1.84. The third-order valence-corrected chi connectivity index (χ3v) is 12.2. The molecule has 2 aliphatic heterocycles. The average Bonchev–Trinajstić information content (AvgIpc) is 3.35. The summed E-state index contributed by atoms with van der Waals surface area (Å²) < 4.78 is 44.0. The van der Waals surface area contributed by atoms with E-state index in [1.54, 1.807) is 38.1 Å². The topological polar surface area (TPSA) is 253 Å². The van der Waals surface area contributed by atoms with Gasteiger partial charge in [-0.15, -0.1) is 0 Å². The monoisotopic (exact) mass is 1080 g/mol. The molecule has 0 spiro atoms. The number of ether oxygens (including phenoxy) is 8. The van der Waals surface area contributed by atoms with Crippen molar-refractivity contribution < 1.29 is 76.3 Å². The van der Waals surface area contributed by atoms with Crippen LogP contribution in [0.25, 0.3) is 0 Å². The van der Waals surface area contributed by atoms with Crippen molar-refractivity contribution in [3.05, 3.63) is 125 Å². The molecule has 4 rings (SSSR count). The summed E-state index contributed by atoms with van der Waals surface area (Å²) in [5, 5.41) is 1.94. The molecule has 72 heavy (non-hydrogen) atoms. The van der Waals surface area contributed by atoms with Crippen molar-refractivity contribution in [2.75, 3.05) is 93.4 Å². The van der Waals surface area contributed by atoms with E-state index in [-0.39, 0.29) is 142 Å². The number of benzene rings is 2. The number of rotatable bonds is 26. The van der Waals surface area contributed by atoms with Crippen LogP contribution >= 0.6 is 46.4 Å². The Morgan fingerprint density at radius 1 is 0.542 bits per heavy atom. The van der Waals surface area contributed by atoms with Gasteiger partial charge < -0.3 is 59.0 Å². The largest absolute Gasteiger partial charge is 0.466 e. The van der Waals surface area contributed by atoms with Crippen LogP contribution in [-0.2, 0) is 76.3 Å². The van der Waals surface area contributed by atoms with E-state index in [4.69, 9.17) is 105 Å². The van der Waals surface area contributed by atoms with Crippen LogP contribution in [-0.4, -0.2) is 139 Å². The van der Waals surface area contributed by atoms with E-state index in [0.29, 0.717) is 12.2 Å². The van der Waals surface area contributed by atoms with Gasteiger partial charge in [-0.2, -0.15) is 10.1 Å². The predicted molar refractivity (Wildman–Crippen MR) is 262 cm³/mol. The van der Waals surface area contributed by atoms with Crippen LogP contribution in [0.1, 0.15) is 50.7 Å². The van der Waals surface area contributed by atoms with Gasteiger partial charge >= 0.3 is 35.8 Å². The lowest BCUT2D eigenvalue weighted by Gasteiger charge is -2.37. The van der Waals surface area contributed by atoms with Gasteiger partial charge in [0.25, 0.3) is 0 Å². The van der Waals surface area contributed by atoms with Gasteiger partial charge in [-0.05, 0) is 51.0 Å². The highest BCUT2D eigenvalue weighted by Crippen LogP contribution is 2.48. The third-order valence-electron chi connectivity index (χ3n) is 10.5. The smallest absolute Gasteiger partial charge is 0.356 e. The van der Waals surface area contributed by atoms with Crippen LogP contribution in [0.15, 0.2) is 93.6 Å². The summed E-state index contributed by atoms with van der Waals surface area (Å²) in [6, 6.07) is 9.23. The number of nitrogens with zero attached hydrogens (tertiary/aromatic N) is 2. The summed E-state index contributed by atoms with van der Waals surface area (Å²) in [4.78, 5) is 95.1. The molecule has 2 aliphatic rings. The van der Waals surface area contributed by atoms with Crippen molar-refractivity contribution in [3.63, 3.8) is 0 Å². The van der Waals surface area contributed by atoms with Crippen molar-refractivity contribution in [1.29, 1.82) is 0 Å². The number of hydrogen-bond donors (Lipinski definition) is 2.